The standard InChI is InChI=1S/C24H19Cl2N3O2S2/c1-2-10-31-15-7-5-6-14(11-15)22(30)29-24(32)28-20-12-16(17(25)13-18(20)26)23-27-19-8-3-4-9-21(19)33-23/h3-9,11-13H,2,10H2,1H3,(H2,28,29,30,32). The Morgan fingerprint density at radius 1 is 1.09 bits per heavy atom. The molecule has 0 spiro atoms. The molecular formula is C24H19Cl2N3O2S2. The van der Waals surface area contributed by atoms with Gasteiger partial charge in [-0.2, -0.15) is 0 Å². The van der Waals surface area contributed by atoms with Gasteiger partial charge < -0.3 is 10.1 Å². The molecule has 0 fully saturated rings. The molecule has 0 aliphatic carbocycles. The van der Waals surface area contributed by atoms with Crippen molar-refractivity contribution in [3.8, 4) is 16.3 Å². The average molecular weight is 516 g/mol. The van der Waals surface area contributed by atoms with Gasteiger partial charge in [-0.15, -0.1) is 11.3 Å². The molecule has 0 radical (unpaired) electrons. The highest BCUT2D eigenvalue weighted by molar-refractivity contribution is 7.80. The van der Waals surface area contributed by atoms with Crippen LogP contribution in [0.1, 0.15) is 23.7 Å². The molecule has 168 valence electrons. The lowest BCUT2D eigenvalue weighted by Gasteiger charge is -2.13. The first-order chi connectivity index (χ1) is 15.9. The van der Waals surface area contributed by atoms with Crippen LogP contribution in [0.15, 0.2) is 60.7 Å². The Hall–Kier alpha value is -2.71. The van der Waals surface area contributed by atoms with Gasteiger partial charge in [-0.3, -0.25) is 10.1 Å². The number of para-hydroxylation sites is 1. The van der Waals surface area contributed by atoms with E-state index in [1.807, 2.05) is 31.2 Å². The van der Waals surface area contributed by atoms with Gasteiger partial charge in [0.25, 0.3) is 5.91 Å². The Kier molecular flexibility index (Phi) is 7.45. The molecule has 33 heavy (non-hydrogen) atoms. The summed E-state index contributed by atoms with van der Waals surface area (Å²) in [6.45, 7) is 2.60. The van der Waals surface area contributed by atoms with Crippen molar-refractivity contribution in [3.63, 3.8) is 0 Å². The number of hydrogen-bond donors (Lipinski definition) is 2. The molecule has 1 aromatic heterocycles. The van der Waals surface area contributed by atoms with E-state index in [1.54, 1.807) is 36.4 Å². The van der Waals surface area contributed by atoms with Crippen LogP contribution in [0.5, 0.6) is 5.75 Å². The second kappa shape index (κ2) is 10.5. The maximum absolute atomic E-state index is 12.6. The fourth-order valence-corrected chi connectivity index (χ4v) is 4.85. The zero-order chi connectivity index (χ0) is 23.4. The van der Waals surface area contributed by atoms with E-state index in [1.165, 1.54) is 11.3 Å². The van der Waals surface area contributed by atoms with Crippen molar-refractivity contribution in [2.24, 2.45) is 0 Å². The highest BCUT2D eigenvalue weighted by Gasteiger charge is 2.15. The van der Waals surface area contributed by atoms with Crippen LogP contribution in [0.4, 0.5) is 5.69 Å². The van der Waals surface area contributed by atoms with E-state index >= 15 is 0 Å². The van der Waals surface area contributed by atoms with Crippen molar-refractivity contribution >= 4 is 73.7 Å². The zero-order valence-electron chi connectivity index (χ0n) is 17.5. The van der Waals surface area contributed by atoms with Crippen LogP contribution in [-0.2, 0) is 0 Å². The lowest BCUT2D eigenvalue weighted by atomic mass is 10.2. The summed E-state index contributed by atoms with van der Waals surface area (Å²) in [5, 5.41) is 7.38. The van der Waals surface area contributed by atoms with Crippen LogP contribution in [0, 0.1) is 0 Å². The number of ether oxygens (including phenoxy) is 1. The number of halogens is 2. The number of rotatable bonds is 6. The van der Waals surface area contributed by atoms with Crippen LogP contribution in [0.2, 0.25) is 10.0 Å². The van der Waals surface area contributed by atoms with E-state index in [9.17, 15) is 4.79 Å². The molecule has 0 saturated heterocycles. The summed E-state index contributed by atoms with van der Waals surface area (Å²) in [5.41, 5.74) is 2.57. The molecule has 2 N–H and O–H groups in total. The number of anilines is 1. The number of nitrogens with zero attached hydrogens (tertiary/aromatic N) is 1. The van der Waals surface area contributed by atoms with E-state index in [0.29, 0.717) is 33.7 Å². The predicted octanol–water partition coefficient (Wildman–Crippen LogP) is 7.19. The summed E-state index contributed by atoms with van der Waals surface area (Å²) in [6.07, 6.45) is 0.880. The molecule has 1 heterocycles. The number of amides is 1. The number of fused-ring (bicyclic) bond motifs is 1. The summed E-state index contributed by atoms with van der Waals surface area (Å²) in [7, 11) is 0. The average Bonchev–Trinajstić information content (AvgIpc) is 3.23. The molecule has 0 unspecified atom stereocenters. The fourth-order valence-electron chi connectivity index (χ4n) is 3.07. The first kappa shape index (κ1) is 23.4. The lowest BCUT2D eigenvalue weighted by molar-refractivity contribution is 0.0977. The van der Waals surface area contributed by atoms with Gasteiger partial charge in [0.1, 0.15) is 10.8 Å². The summed E-state index contributed by atoms with van der Waals surface area (Å²) < 4.78 is 6.64. The second-order valence-electron chi connectivity index (χ2n) is 7.08. The number of nitrogens with one attached hydrogen (secondary N) is 2. The van der Waals surface area contributed by atoms with Gasteiger partial charge in [-0.1, -0.05) is 48.3 Å². The third-order valence-electron chi connectivity index (χ3n) is 4.63. The molecule has 1 amide bonds. The van der Waals surface area contributed by atoms with Gasteiger partial charge in [0.2, 0.25) is 0 Å². The zero-order valence-corrected chi connectivity index (χ0v) is 20.7. The molecule has 0 aliphatic heterocycles. The molecule has 0 bridgehead atoms. The third-order valence-corrected chi connectivity index (χ3v) is 6.52. The summed E-state index contributed by atoms with van der Waals surface area (Å²) >= 11 is 19.7. The van der Waals surface area contributed by atoms with Gasteiger partial charge in [0.05, 0.1) is 32.6 Å². The summed E-state index contributed by atoms with van der Waals surface area (Å²) in [6, 6.07) is 18.2. The van der Waals surface area contributed by atoms with Crippen molar-refractivity contribution in [1.29, 1.82) is 0 Å². The SMILES string of the molecule is CCCOc1cccc(C(=O)NC(=S)Nc2cc(-c3nc4ccccc4s3)c(Cl)cc2Cl)c1. The molecule has 4 rings (SSSR count). The van der Waals surface area contributed by atoms with Crippen molar-refractivity contribution in [2.45, 2.75) is 13.3 Å². The van der Waals surface area contributed by atoms with E-state index in [0.717, 1.165) is 27.2 Å². The molecule has 3 aromatic carbocycles. The van der Waals surface area contributed by atoms with Gasteiger partial charge in [0.15, 0.2) is 5.11 Å². The quantitative estimate of drug-likeness (QED) is 0.266. The summed E-state index contributed by atoms with van der Waals surface area (Å²) in [5.74, 6) is 0.274. The van der Waals surface area contributed by atoms with Crippen molar-refractivity contribution in [3.05, 3.63) is 76.3 Å². The van der Waals surface area contributed by atoms with Crippen LogP contribution in [0.3, 0.4) is 0 Å². The van der Waals surface area contributed by atoms with Crippen molar-refractivity contribution < 1.29 is 9.53 Å². The maximum atomic E-state index is 12.6. The second-order valence-corrected chi connectivity index (χ2v) is 9.34. The largest absolute Gasteiger partial charge is 0.494 e. The molecule has 9 heteroatoms. The number of carbonyl (C=O) groups is 1. The van der Waals surface area contributed by atoms with Crippen LogP contribution >= 0.6 is 46.8 Å². The first-order valence-electron chi connectivity index (χ1n) is 10.1. The molecule has 4 aromatic rings. The van der Waals surface area contributed by atoms with Gasteiger partial charge in [-0.05, 0) is 61.1 Å². The maximum Gasteiger partial charge on any atom is 0.257 e. The van der Waals surface area contributed by atoms with Crippen LogP contribution < -0.4 is 15.4 Å². The third kappa shape index (κ3) is 5.62. The van der Waals surface area contributed by atoms with E-state index < -0.39 is 0 Å². The predicted molar refractivity (Wildman–Crippen MR) is 141 cm³/mol. The highest BCUT2D eigenvalue weighted by Crippen LogP contribution is 2.38. The minimum Gasteiger partial charge on any atom is -0.494 e. The molecule has 0 atom stereocenters. The number of aromatic nitrogens is 1. The number of hydrogen-bond acceptors (Lipinski definition) is 5. The summed E-state index contributed by atoms with van der Waals surface area (Å²) in [4.78, 5) is 17.3. The Balaban J connectivity index is 1.51. The van der Waals surface area contributed by atoms with Gasteiger partial charge in [0, 0.05) is 11.1 Å². The normalized spacial score (nSPS) is 10.8. The number of carbonyl (C=O) groups excluding carboxylic acids is 1. The minimum absolute atomic E-state index is 0.111. The van der Waals surface area contributed by atoms with Gasteiger partial charge >= 0.3 is 0 Å². The Labute approximate surface area is 210 Å². The number of thiocarbonyl (C=S) groups is 1. The smallest absolute Gasteiger partial charge is 0.257 e. The van der Waals surface area contributed by atoms with Crippen LogP contribution in [-0.4, -0.2) is 22.6 Å². The Bertz CT molecular complexity index is 1310. The van der Waals surface area contributed by atoms with Crippen molar-refractivity contribution in [2.75, 3.05) is 11.9 Å². The van der Waals surface area contributed by atoms with Gasteiger partial charge in [-0.25, -0.2) is 4.98 Å². The van der Waals surface area contributed by atoms with E-state index in [4.69, 9.17) is 40.2 Å². The Morgan fingerprint density at radius 2 is 1.91 bits per heavy atom. The molecule has 5 nitrogen and oxygen atoms in total. The van der Waals surface area contributed by atoms with E-state index in [2.05, 4.69) is 15.6 Å². The topological polar surface area (TPSA) is 63.2 Å². The lowest BCUT2D eigenvalue weighted by Crippen LogP contribution is -2.34. The number of benzene rings is 3. The number of thiazole rings is 1. The molecule has 0 saturated carbocycles. The van der Waals surface area contributed by atoms with E-state index in [-0.39, 0.29) is 11.0 Å². The van der Waals surface area contributed by atoms with Crippen molar-refractivity contribution in [1.82, 2.24) is 10.3 Å². The minimum atomic E-state index is -0.356. The molecule has 0 aliphatic rings. The molecular weight excluding hydrogens is 497 g/mol. The fraction of sp³-hybridized carbons (Fsp3) is 0.125. The first-order valence-corrected chi connectivity index (χ1v) is 12.1. The van der Waals surface area contributed by atoms with Crippen LogP contribution in [0.25, 0.3) is 20.8 Å². The monoisotopic (exact) mass is 515 g/mol. The highest BCUT2D eigenvalue weighted by atomic mass is 35.5. The Morgan fingerprint density at radius 3 is 2.70 bits per heavy atom.